The monoisotopic (exact) mass is 357 g/mol. The molecule has 0 radical (unpaired) electrons. The van der Waals surface area contributed by atoms with Crippen molar-refractivity contribution in [3.8, 4) is 39.4 Å². The average molecular weight is 358 g/mol. The van der Waals surface area contributed by atoms with E-state index in [1.807, 2.05) is 72.8 Å². The van der Waals surface area contributed by atoms with E-state index in [0.29, 0.717) is 5.02 Å². The van der Waals surface area contributed by atoms with E-state index in [9.17, 15) is 5.11 Å². The van der Waals surface area contributed by atoms with Gasteiger partial charge in [-0.25, -0.2) is 4.98 Å². The molecule has 0 aliphatic carbocycles. The Hall–Kier alpha value is -3.10. The fourth-order valence-corrected chi connectivity index (χ4v) is 3.13. The van der Waals surface area contributed by atoms with Crippen molar-refractivity contribution in [2.45, 2.75) is 0 Å². The second-order valence-electron chi connectivity index (χ2n) is 6.05. The molecule has 0 aliphatic rings. The predicted molar refractivity (Wildman–Crippen MR) is 107 cm³/mol. The van der Waals surface area contributed by atoms with E-state index in [2.05, 4.69) is 6.07 Å². The lowest BCUT2D eigenvalue weighted by molar-refractivity contribution is 0.475. The summed E-state index contributed by atoms with van der Waals surface area (Å²) in [6.45, 7) is 0. The summed E-state index contributed by atoms with van der Waals surface area (Å²) in [5, 5.41) is 10.5. The molecule has 26 heavy (non-hydrogen) atoms. The molecule has 0 aliphatic heterocycles. The van der Waals surface area contributed by atoms with Crippen LogP contribution in [0.5, 0.6) is 5.75 Å². The van der Waals surface area contributed by atoms with Crippen LogP contribution in [0.25, 0.3) is 33.6 Å². The maximum Gasteiger partial charge on any atom is 0.116 e. The Morgan fingerprint density at radius 2 is 1.23 bits per heavy atom. The van der Waals surface area contributed by atoms with E-state index in [1.54, 1.807) is 12.1 Å². The zero-order valence-electron chi connectivity index (χ0n) is 13.9. The van der Waals surface area contributed by atoms with Gasteiger partial charge in [0.05, 0.1) is 11.4 Å². The molecule has 3 aromatic carbocycles. The van der Waals surface area contributed by atoms with Gasteiger partial charge in [0.1, 0.15) is 5.75 Å². The highest BCUT2D eigenvalue weighted by atomic mass is 35.5. The number of phenolic OH excluding ortho intramolecular Hbond substituents is 1. The van der Waals surface area contributed by atoms with Crippen molar-refractivity contribution in [3.05, 3.63) is 96.0 Å². The third kappa shape index (κ3) is 3.46. The van der Waals surface area contributed by atoms with Crippen molar-refractivity contribution >= 4 is 11.6 Å². The summed E-state index contributed by atoms with van der Waals surface area (Å²) in [4.78, 5) is 4.82. The maximum atomic E-state index is 9.84. The van der Waals surface area contributed by atoms with E-state index < -0.39 is 0 Å². The minimum atomic E-state index is 0.221. The smallest absolute Gasteiger partial charge is 0.116 e. The summed E-state index contributed by atoms with van der Waals surface area (Å²) in [6, 6.07) is 29.1. The normalized spacial score (nSPS) is 10.7. The van der Waals surface area contributed by atoms with E-state index in [1.165, 1.54) is 0 Å². The Morgan fingerprint density at radius 3 is 1.96 bits per heavy atom. The minimum absolute atomic E-state index is 0.221. The average Bonchev–Trinajstić information content (AvgIpc) is 2.68. The third-order valence-electron chi connectivity index (χ3n) is 4.19. The molecular formula is C23H16ClNO. The number of phenols is 1. The Morgan fingerprint density at radius 1 is 0.577 bits per heavy atom. The molecule has 2 nitrogen and oxygen atoms in total. The standard InChI is InChI=1S/C23H16ClNO/c24-20-10-4-8-17(12-20)19-14-22(16-6-2-1-3-7-16)25-23(15-19)18-9-5-11-21(26)13-18/h1-15,26H. The van der Waals surface area contributed by atoms with Gasteiger partial charge in [-0.05, 0) is 47.5 Å². The van der Waals surface area contributed by atoms with Crippen molar-refractivity contribution in [1.82, 2.24) is 4.98 Å². The lowest BCUT2D eigenvalue weighted by Gasteiger charge is -2.11. The molecule has 0 fully saturated rings. The summed E-state index contributed by atoms with van der Waals surface area (Å²) in [5.74, 6) is 0.221. The first kappa shape index (κ1) is 16.4. The quantitative estimate of drug-likeness (QED) is 0.457. The maximum absolute atomic E-state index is 9.84. The Kier molecular flexibility index (Phi) is 4.42. The lowest BCUT2D eigenvalue weighted by Crippen LogP contribution is -1.91. The van der Waals surface area contributed by atoms with Gasteiger partial charge < -0.3 is 5.11 Å². The van der Waals surface area contributed by atoms with Gasteiger partial charge in [0.2, 0.25) is 0 Å². The molecule has 0 saturated carbocycles. The number of halogens is 1. The van der Waals surface area contributed by atoms with Gasteiger partial charge in [0.25, 0.3) is 0 Å². The van der Waals surface area contributed by atoms with Crippen LogP contribution in [0.15, 0.2) is 91.0 Å². The Balaban J connectivity index is 1.93. The molecule has 0 bridgehead atoms. The number of aromatic nitrogens is 1. The largest absolute Gasteiger partial charge is 0.508 e. The van der Waals surface area contributed by atoms with Gasteiger partial charge in [-0.1, -0.05) is 66.2 Å². The van der Waals surface area contributed by atoms with Crippen LogP contribution in [-0.4, -0.2) is 10.1 Å². The molecule has 1 N–H and O–H groups in total. The van der Waals surface area contributed by atoms with Gasteiger partial charge in [-0.3, -0.25) is 0 Å². The van der Waals surface area contributed by atoms with Crippen molar-refractivity contribution in [1.29, 1.82) is 0 Å². The summed E-state index contributed by atoms with van der Waals surface area (Å²) in [6.07, 6.45) is 0. The second kappa shape index (κ2) is 7.03. The van der Waals surface area contributed by atoms with Gasteiger partial charge in [-0.15, -0.1) is 0 Å². The molecule has 1 aromatic heterocycles. The van der Waals surface area contributed by atoms with Crippen LogP contribution in [0.1, 0.15) is 0 Å². The Labute approximate surface area is 157 Å². The summed E-state index contributed by atoms with van der Waals surface area (Å²) < 4.78 is 0. The molecule has 126 valence electrons. The van der Waals surface area contributed by atoms with Crippen LogP contribution in [0.4, 0.5) is 0 Å². The Bertz CT molecular complexity index is 997. The first-order valence-electron chi connectivity index (χ1n) is 8.32. The highest BCUT2D eigenvalue weighted by Gasteiger charge is 2.09. The zero-order valence-corrected chi connectivity index (χ0v) is 14.7. The molecule has 0 saturated heterocycles. The first-order chi connectivity index (χ1) is 12.7. The molecule has 3 heteroatoms. The van der Waals surface area contributed by atoms with Crippen LogP contribution < -0.4 is 0 Å². The second-order valence-corrected chi connectivity index (χ2v) is 6.49. The highest BCUT2D eigenvalue weighted by Crippen LogP contribution is 2.32. The molecular weight excluding hydrogens is 342 g/mol. The van der Waals surface area contributed by atoms with Gasteiger partial charge in [0, 0.05) is 16.1 Å². The topological polar surface area (TPSA) is 33.1 Å². The number of aromatic hydroxyl groups is 1. The van der Waals surface area contributed by atoms with E-state index in [0.717, 1.165) is 33.6 Å². The first-order valence-corrected chi connectivity index (χ1v) is 8.70. The molecule has 0 atom stereocenters. The minimum Gasteiger partial charge on any atom is -0.508 e. The van der Waals surface area contributed by atoms with E-state index in [4.69, 9.17) is 16.6 Å². The van der Waals surface area contributed by atoms with Crippen molar-refractivity contribution in [2.24, 2.45) is 0 Å². The third-order valence-corrected chi connectivity index (χ3v) is 4.43. The molecule has 0 unspecified atom stereocenters. The molecule has 0 amide bonds. The van der Waals surface area contributed by atoms with Crippen molar-refractivity contribution in [2.75, 3.05) is 0 Å². The number of pyridine rings is 1. The van der Waals surface area contributed by atoms with Gasteiger partial charge >= 0.3 is 0 Å². The van der Waals surface area contributed by atoms with Crippen LogP contribution in [0.2, 0.25) is 5.02 Å². The molecule has 4 rings (SSSR count). The van der Waals surface area contributed by atoms with E-state index in [-0.39, 0.29) is 5.75 Å². The fourth-order valence-electron chi connectivity index (χ4n) is 2.94. The van der Waals surface area contributed by atoms with Gasteiger partial charge in [0.15, 0.2) is 0 Å². The number of nitrogens with zero attached hydrogens (tertiary/aromatic N) is 1. The fraction of sp³-hybridized carbons (Fsp3) is 0. The summed E-state index contributed by atoms with van der Waals surface area (Å²) in [7, 11) is 0. The lowest BCUT2D eigenvalue weighted by atomic mass is 10.00. The SMILES string of the molecule is Oc1cccc(-c2cc(-c3cccc(Cl)c3)cc(-c3ccccc3)n2)c1. The predicted octanol–water partition coefficient (Wildman–Crippen LogP) is 6.44. The van der Waals surface area contributed by atoms with Crippen LogP contribution in [0.3, 0.4) is 0 Å². The summed E-state index contributed by atoms with van der Waals surface area (Å²) in [5.41, 5.74) is 5.64. The number of benzene rings is 3. The van der Waals surface area contributed by atoms with Crippen molar-refractivity contribution in [3.63, 3.8) is 0 Å². The van der Waals surface area contributed by atoms with E-state index >= 15 is 0 Å². The number of hydrogen-bond acceptors (Lipinski definition) is 2. The molecule has 4 aromatic rings. The van der Waals surface area contributed by atoms with Crippen LogP contribution in [-0.2, 0) is 0 Å². The zero-order chi connectivity index (χ0) is 17.9. The highest BCUT2D eigenvalue weighted by molar-refractivity contribution is 6.30. The van der Waals surface area contributed by atoms with Gasteiger partial charge in [-0.2, -0.15) is 0 Å². The van der Waals surface area contributed by atoms with Crippen LogP contribution in [0, 0.1) is 0 Å². The molecule has 0 spiro atoms. The molecule has 1 heterocycles. The number of hydrogen-bond donors (Lipinski definition) is 1. The summed E-state index contributed by atoms with van der Waals surface area (Å²) >= 11 is 6.18. The van der Waals surface area contributed by atoms with Crippen molar-refractivity contribution < 1.29 is 5.11 Å². The van der Waals surface area contributed by atoms with Crippen LogP contribution >= 0.6 is 11.6 Å². The number of rotatable bonds is 3.